The Morgan fingerprint density at radius 1 is 1.26 bits per heavy atom. The summed E-state index contributed by atoms with van der Waals surface area (Å²) in [4.78, 5) is 4.30. The van der Waals surface area contributed by atoms with E-state index in [0.717, 1.165) is 17.9 Å². The van der Waals surface area contributed by atoms with Crippen molar-refractivity contribution in [3.63, 3.8) is 0 Å². The molecule has 2 aromatic rings. The first kappa shape index (κ1) is 13.7. The minimum absolute atomic E-state index is 0.0771. The Labute approximate surface area is 113 Å². The van der Waals surface area contributed by atoms with Crippen molar-refractivity contribution in [2.75, 3.05) is 0 Å². The van der Waals surface area contributed by atoms with Crippen LogP contribution in [0.2, 0.25) is 0 Å². The largest absolute Gasteiger partial charge is 0.305 e. The highest BCUT2D eigenvalue weighted by molar-refractivity contribution is 5.04. The van der Waals surface area contributed by atoms with E-state index >= 15 is 0 Å². The highest BCUT2D eigenvalue weighted by atomic mass is 15.3. The molecule has 0 aliphatic rings. The molecule has 0 aromatic carbocycles. The molecule has 0 bridgehead atoms. The molecule has 6 heteroatoms. The third-order valence-electron chi connectivity index (χ3n) is 2.72. The van der Waals surface area contributed by atoms with Crippen LogP contribution in [0.5, 0.6) is 0 Å². The zero-order valence-corrected chi connectivity index (χ0v) is 12.1. The molecule has 6 nitrogen and oxygen atoms in total. The van der Waals surface area contributed by atoms with E-state index in [-0.39, 0.29) is 5.54 Å². The van der Waals surface area contributed by atoms with Gasteiger partial charge < -0.3 is 5.32 Å². The predicted octanol–water partition coefficient (Wildman–Crippen LogP) is 1.43. The molecule has 0 unspecified atom stereocenters. The summed E-state index contributed by atoms with van der Waals surface area (Å²) >= 11 is 0. The molecule has 2 heterocycles. The van der Waals surface area contributed by atoms with Gasteiger partial charge in [-0.3, -0.25) is 4.68 Å². The van der Waals surface area contributed by atoms with Gasteiger partial charge in [0.25, 0.3) is 0 Å². The van der Waals surface area contributed by atoms with Crippen molar-refractivity contribution in [1.29, 1.82) is 0 Å². The number of hydrogen-bond acceptors (Lipinski definition) is 4. The fourth-order valence-corrected chi connectivity index (χ4v) is 1.68. The van der Waals surface area contributed by atoms with Crippen LogP contribution in [0.4, 0.5) is 0 Å². The number of hydrogen-bond donors (Lipinski definition) is 1. The zero-order chi connectivity index (χ0) is 13.9. The van der Waals surface area contributed by atoms with Crippen LogP contribution in [0.15, 0.2) is 18.7 Å². The maximum Gasteiger partial charge on any atom is 0.164 e. The van der Waals surface area contributed by atoms with Gasteiger partial charge in [0, 0.05) is 23.8 Å². The van der Waals surface area contributed by atoms with Gasteiger partial charge in [0.1, 0.15) is 6.33 Å². The molecule has 0 aliphatic carbocycles. The lowest BCUT2D eigenvalue weighted by Gasteiger charge is -2.19. The maximum absolute atomic E-state index is 4.45. The number of nitrogens with zero attached hydrogens (tertiary/aromatic N) is 5. The Kier molecular flexibility index (Phi) is 3.99. The number of nitrogens with one attached hydrogen (secondary N) is 1. The smallest absolute Gasteiger partial charge is 0.164 e. The molecule has 0 fully saturated rings. The van der Waals surface area contributed by atoms with Crippen LogP contribution in [0.1, 0.15) is 39.1 Å². The van der Waals surface area contributed by atoms with E-state index in [1.807, 2.05) is 21.8 Å². The summed E-state index contributed by atoms with van der Waals surface area (Å²) in [7, 11) is 0. The van der Waals surface area contributed by atoms with Crippen LogP contribution < -0.4 is 5.32 Å². The third kappa shape index (κ3) is 4.17. The lowest BCUT2D eigenvalue weighted by atomic mass is 10.1. The zero-order valence-electron chi connectivity index (χ0n) is 12.1. The first-order chi connectivity index (χ1) is 8.96. The van der Waals surface area contributed by atoms with Gasteiger partial charge >= 0.3 is 0 Å². The van der Waals surface area contributed by atoms with Crippen molar-refractivity contribution >= 4 is 0 Å². The molecule has 0 atom stereocenters. The Bertz CT molecular complexity index is 519. The van der Waals surface area contributed by atoms with Gasteiger partial charge in [-0.25, -0.2) is 9.67 Å². The van der Waals surface area contributed by atoms with Crippen LogP contribution in [-0.2, 0) is 19.6 Å². The molecular weight excluding hydrogens is 240 g/mol. The van der Waals surface area contributed by atoms with Crippen LogP contribution in [0.3, 0.4) is 0 Å². The lowest BCUT2D eigenvalue weighted by Crippen LogP contribution is -2.35. The summed E-state index contributed by atoms with van der Waals surface area (Å²) in [5.74, 6) is 0.817. The Balaban J connectivity index is 1.93. The second-order valence-electron chi connectivity index (χ2n) is 5.67. The molecule has 19 heavy (non-hydrogen) atoms. The standard InChI is InChI=1S/C13H22N6/c1-5-18-8-11(6-16-18)9-19-10-14-12(17-19)7-15-13(2,3)4/h6,8,10,15H,5,7,9H2,1-4H3. The average molecular weight is 262 g/mol. The van der Waals surface area contributed by atoms with Crippen molar-refractivity contribution in [2.24, 2.45) is 0 Å². The van der Waals surface area contributed by atoms with Crippen molar-refractivity contribution in [1.82, 2.24) is 29.9 Å². The second-order valence-corrected chi connectivity index (χ2v) is 5.67. The summed E-state index contributed by atoms with van der Waals surface area (Å²) in [6, 6.07) is 0. The SMILES string of the molecule is CCn1cc(Cn2cnc(CNC(C)(C)C)n2)cn1. The lowest BCUT2D eigenvalue weighted by molar-refractivity contribution is 0.417. The Morgan fingerprint density at radius 2 is 2.05 bits per heavy atom. The summed E-state index contributed by atoms with van der Waals surface area (Å²) in [5.41, 5.74) is 1.22. The summed E-state index contributed by atoms with van der Waals surface area (Å²) in [6.45, 7) is 10.7. The highest BCUT2D eigenvalue weighted by Gasteiger charge is 2.10. The number of aromatic nitrogens is 5. The minimum Gasteiger partial charge on any atom is -0.305 e. The van der Waals surface area contributed by atoms with E-state index in [4.69, 9.17) is 0 Å². The molecule has 0 aliphatic heterocycles. The summed E-state index contributed by atoms with van der Waals surface area (Å²) < 4.78 is 3.75. The van der Waals surface area contributed by atoms with Gasteiger partial charge in [-0.05, 0) is 27.7 Å². The van der Waals surface area contributed by atoms with Crippen LogP contribution in [-0.4, -0.2) is 30.1 Å². The maximum atomic E-state index is 4.45. The number of rotatable bonds is 5. The second kappa shape index (κ2) is 5.52. The van der Waals surface area contributed by atoms with Gasteiger partial charge in [0.2, 0.25) is 0 Å². The molecule has 104 valence electrons. The van der Waals surface area contributed by atoms with E-state index in [2.05, 4.69) is 48.2 Å². The van der Waals surface area contributed by atoms with Crippen LogP contribution in [0, 0.1) is 0 Å². The molecular formula is C13H22N6. The summed E-state index contributed by atoms with van der Waals surface area (Å²) in [5, 5.41) is 12.1. The Morgan fingerprint density at radius 3 is 2.68 bits per heavy atom. The van der Waals surface area contributed by atoms with Gasteiger partial charge in [0.15, 0.2) is 5.82 Å². The first-order valence-corrected chi connectivity index (χ1v) is 6.61. The van der Waals surface area contributed by atoms with E-state index < -0.39 is 0 Å². The van der Waals surface area contributed by atoms with Gasteiger partial charge in [-0.15, -0.1) is 0 Å². The first-order valence-electron chi connectivity index (χ1n) is 6.61. The van der Waals surface area contributed by atoms with E-state index in [0.29, 0.717) is 13.1 Å². The van der Waals surface area contributed by atoms with Crippen molar-refractivity contribution < 1.29 is 0 Å². The quantitative estimate of drug-likeness (QED) is 0.885. The molecule has 0 saturated carbocycles. The van der Waals surface area contributed by atoms with Crippen molar-refractivity contribution in [3.8, 4) is 0 Å². The predicted molar refractivity (Wildman–Crippen MR) is 73.6 cm³/mol. The molecule has 2 rings (SSSR count). The fourth-order valence-electron chi connectivity index (χ4n) is 1.68. The van der Waals surface area contributed by atoms with Gasteiger partial charge in [0.05, 0.1) is 19.3 Å². The molecule has 0 radical (unpaired) electrons. The Hall–Kier alpha value is -1.69. The topological polar surface area (TPSA) is 60.6 Å². The van der Waals surface area contributed by atoms with Crippen molar-refractivity contribution in [3.05, 3.63) is 30.1 Å². The van der Waals surface area contributed by atoms with E-state index in [1.165, 1.54) is 0 Å². The third-order valence-corrected chi connectivity index (χ3v) is 2.72. The van der Waals surface area contributed by atoms with Gasteiger partial charge in [-0.1, -0.05) is 0 Å². The average Bonchev–Trinajstić information content (AvgIpc) is 2.95. The van der Waals surface area contributed by atoms with Crippen molar-refractivity contribution in [2.45, 2.75) is 52.9 Å². The highest BCUT2D eigenvalue weighted by Crippen LogP contribution is 2.03. The van der Waals surface area contributed by atoms with Crippen LogP contribution >= 0.6 is 0 Å². The number of aryl methyl sites for hydroxylation is 1. The minimum atomic E-state index is 0.0771. The molecule has 0 amide bonds. The molecule has 1 N–H and O–H groups in total. The van der Waals surface area contributed by atoms with E-state index in [9.17, 15) is 0 Å². The fraction of sp³-hybridized carbons (Fsp3) is 0.615. The summed E-state index contributed by atoms with van der Waals surface area (Å²) in [6.07, 6.45) is 5.68. The normalized spacial score (nSPS) is 12.0. The van der Waals surface area contributed by atoms with E-state index in [1.54, 1.807) is 6.33 Å². The van der Waals surface area contributed by atoms with Crippen LogP contribution in [0.25, 0.3) is 0 Å². The molecule has 2 aromatic heterocycles. The molecule has 0 saturated heterocycles. The van der Waals surface area contributed by atoms with Gasteiger partial charge in [-0.2, -0.15) is 10.2 Å². The monoisotopic (exact) mass is 262 g/mol. The molecule has 0 spiro atoms.